The molecule has 0 aromatic carbocycles. The monoisotopic (exact) mass is 302 g/mol. The molecule has 4 aliphatic rings. The van der Waals surface area contributed by atoms with E-state index in [0.29, 0.717) is 24.5 Å². The van der Waals surface area contributed by atoms with Gasteiger partial charge in [0.15, 0.2) is 5.78 Å². The Hall–Kier alpha value is -0.960. The topological polar surface area (TPSA) is 54.4 Å². The lowest BCUT2D eigenvalue weighted by molar-refractivity contribution is -0.139. The maximum absolute atomic E-state index is 12.9. The molecule has 4 aliphatic carbocycles. The maximum Gasteiger partial charge on any atom is 0.159 e. The number of allylic oxidation sites excluding steroid dienone is 1. The molecule has 0 amide bonds. The molecule has 0 radical (unpaired) electrons. The van der Waals surface area contributed by atoms with Crippen molar-refractivity contribution in [1.29, 1.82) is 0 Å². The highest BCUT2D eigenvalue weighted by molar-refractivity contribution is 5.96. The van der Waals surface area contributed by atoms with E-state index in [1.54, 1.807) is 0 Å². The summed E-state index contributed by atoms with van der Waals surface area (Å²) < 4.78 is 0. The second kappa shape index (κ2) is 4.53. The van der Waals surface area contributed by atoms with E-state index >= 15 is 0 Å². The van der Waals surface area contributed by atoms with E-state index in [2.05, 4.69) is 13.8 Å². The van der Waals surface area contributed by atoms with Gasteiger partial charge < -0.3 is 5.11 Å². The summed E-state index contributed by atoms with van der Waals surface area (Å²) in [5.74, 6) is 1.26. The molecule has 1 unspecified atom stereocenters. The summed E-state index contributed by atoms with van der Waals surface area (Å²) >= 11 is 0. The van der Waals surface area contributed by atoms with Gasteiger partial charge in [0.05, 0.1) is 6.10 Å². The summed E-state index contributed by atoms with van der Waals surface area (Å²) in [5, 5.41) is 9.97. The fourth-order valence-corrected chi connectivity index (χ4v) is 6.16. The zero-order valence-electron chi connectivity index (χ0n) is 13.6. The zero-order valence-corrected chi connectivity index (χ0v) is 13.6. The van der Waals surface area contributed by atoms with Crippen LogP contribution in [-0.2, 0) is 9.59 Å². The molecule has 0 heterocycles. The van der Waals surface area contributed by atoms with E-state index in [-0.39, 0.29) is 34.6 Å². The van der Waals surface area contributed by atoms with E-state index in [4.69, 9.17) is 0 Å². The van der Waals surface area contributed by atoms with E-state index in [1.807, 2.05) is 6.08 Å². The van der Waals surface area contributed by atoms with Gasteiger partial charge in [0.2, 0.25) is 0 Å². The number of aliphatic hydroxyl groups is 1. The summed E-state index contributed by atoms with van der Waals surface area (Å²) in [6, 6.07) is 0. The molecule has 0 aromatic rings. The smallest absolute Gasteiger partial charge is 0.159 e. The highest BCUT2D eigenvalue weighted by Gasteiger charge is 2.60. The molecule has 0 spiro atoms. The number of fused-ring (bicyclic) bond motifs is 5. The van der Waals surface area contributed by atoms with Crippen LogP contribution in [0.4, 0.5) is 0 Å². The van der Waals surface area contributed by atoms with Crippen LogP contribution in [0.15, 0.2) is 11.6 Å². The van der Waals surface area contributed by atoms with Gasteiger partial charge in [-0.25, -0.2) is 0 Å². The third-order valence-corrected chi connectivity index (χ3v) is 7.63. The molecule has 1 N–H and O–H groups in total. The van der Waals surface area contributed by atoms with Gasteiger partial charge in [-0.2, -0.15) is 0 Å². The van der Waals surface area contributed by atoms with Crippen LogP contribution < -0.4 is 0 Å². The van der Waals surface area contributed by atoms with Gasteiger partial charge in [-0.3, -0.25) is 9.59 Å². The SMILES string of the molecule is C[C@]12CCC(O)CC1=CC(=O)[C@@H]1[C@@H]2CC[C@]2(C)C(=O)CC[C@@H]12. The Bertz CT molecular complexity index is 577. The number of ketones is 2. The Balaban J connectivity index is 1.76. The molecular weight excluding hydrogens is 276 g/mol. The highest BCUT2D eigenvalue weighted by atomic mass is 16.3. The zero-order chi connectivity index (χ0) is 15.7. The minimum atomic E-state index is -0.286. The average molecular weight is 302 g/mol. The van der Waals surface area contributed by atoms with Crippen LogP contribution in [-0.4, -0.2) is 22.8 Å². The summed E-state index contributed by atoms with van der Waals surface area (Å²) in [4.78, 5) is 25.2. The lowest BCUT2D eigenvalue weighted by Crippen LogP contribution is -2.53. The van der Waals surface area contributed by atoms with E-state index in [9.17, 15) is 14.7 Å². The van der Waals surface area contributed by atoms with Crippen molar-refractivity contribution in [3.63, 3.8) is 0 Å². The molecule has 0 aliphatic heterocycles. The first kappa shape index (κ1) is 14.6. The number of rotatable bonds is 0. The fraction of sp³-hybridized carbons (Fsp3) is 0.789. The third-order valence-electron chi connectivity index (χ3n) is 7.63. The summed E-state index contributed by atoms with van der Waals surface area (Å²) in [5.41, 5.74) is 0.975. The van der Waals surface area contributed by atoms with Crippen molar-refractivity contribution in [2.75, 3.05) is 0 Å². The van der Waals surface area contributed by atoms with Crippen molar-refractivity contribution in [2.45, 2.75) is 64.9 Å². The van der Waals surface area contributed by atoms with Crippen LogP contribution >= 0.6 is 0 Å². The van der Waals surface area contributed by atoms with Crippen molar-refractivity contribution in [1.82, 2.24) is 0 Å². The standard InChI is InChI=1S/C19H26O3/c1-18-7-5-12(20)9-11(18)10-15(21)17-13-3-4-16(22)19(13,2)8-6-14(17)18/h10,12-14,17,20H,3-9H2,1-2H3/t12?,13-,14-,17-,18-,19-/m0/s1. The lowest BCUT2D eigenvalue weighted by Gasteiger charge is -2.55. The predicted octanol–water partition coefficient (Wildman–Crippen LogP) is 3.06. The minimum absolute atomic E-state index is 0.0363. The van der Waals surface area contributed by atoms with Gasteiger partial charge in [-0.15, -0.1) is 0 Å². The first-order chi connectivity index (χ1) is 10.4. The molecule has 3 nitrogen and oxygen atoms in total. The number of Topliss-reactive ketones (excluding diaryl/α,β-unsaturated/α-hetero) is 1. The largest absolute Gasteiger partial charge is 0.393 e. The second-order valence-electron chi connectivity index (χ2n) is 8.54. The van der Waals surface area contributed by atoms with Gasteiger partial charge in [0.25, 0.3) is 0 Å². The molecular formula is C19H26O3. The molecule has 3 heteroatoms. The Labute approximate surface area is 132 Å². The molecule has 4 rings (SSSR count). The molecule has 3 saturated carbocycles. The summed E-state index contributed by atoms with van der Waals surface area (Å²) in [7, 11) is 0. The van der Waals surface area contributed by atoms with Crippen LogP contribution in [0.2, 0.25) is 0 Å². The number of carbonyl (C=O) groups is 2. The molecule has 0 saturated heterocycles. The van der Waals surface area contributed by atoms with Gasteiger partial charge in [0.1, 0.15) is 5.78 Å². The fourth-order valence-electron chi connectivity index (χ4n) is 6.16. The number of hydrogen-bond donors (Lipinski definition) is 1. The van der Waals surface area contributed by atoms with Crippen LogP contribution in [0.1, 0.15) is 58.8 Å². The van der Waals surface area contributed by atoms with Crippen molar-refractivity contribution in [2.24, 2.45) is 28.6 Å². The highest BCUT2D eigenvalue weighted by Crippen LogP contribution is 2.63. The van der Waals surface area contributed by atoms with Gasteiger partial charge >= 0.3 is 0 Å². The Morgan fingerprint density at radius 3 is 2.50 bits per heavy atom. The minimum Gasteiger partial charge on any atom is -0.393 e. The first-order valence-corrected chi connectivity index (χ1v) is 8.82. The van der Waals surface area contributed by atoms with Crippen molar-refractivity contribution in [3.05, 3.63) is 11.6 Å². The third kappa shape index (κ3) is 1.72. The van der Waals surface area contributed by atoms with Crippen LogP contribution in [0.5, 0.6) is 0 Å². The van der Waals surface area contributed by atoms with Gasteiger partial charge in [-0.1, -0.05) is 19.4 Å². The molecule has 3 fully saturated rings. The Kier molecular flexibility index (Phi) is 3.01. The van der Waals surface area contributed by atoms with E-state index < -0.39 is 0 Å². The van der Waals surface area contributed by atoms with Crippen LogP contribution in [0.3, 0.4) is 0 Å². The van der Waals surface area contributed by atoms with Crippen molar-refractivity contribution in [3.8, 4) is 0 Å². The van der Waals surface area contributed by atoms with Crippen LogP contribution in [0, 0.1) is 28.6 Å². The molecule has 0 aromatic heterocycles. The predicted molar refractivity (Wildman–Crippen MR) is 83.1 cm³/mol. The molecule has 120 valence electrons. The van der Waals surface area contributed by atoms with Gasteiger partial charge in [-0.05, 0) is 61.9 Å². The molecule has 6 atom stereocenters. The Morgan fingerprint density at radius 2 is 1.73 bits per heavy atom. The van der Waals surface area contributed by atoms with Crippen molar-refractivity contribution < 1.29 is 14.7 Å². The second-order valence-corrected chi connectivity index (χ2v) is 8.54. The number of carbonyl (C=O) groups excluding carboxylic acids is 2. The number of aliphatic hydroxyl groups excluding tert-OH is 1. The van der Waals surface area contributed by atoms with Crippen LogP contribution in [0.25, 0.3) is 0 Å². The number of hydrogen-bond acceptors (Lipinski definition) is 3. The summed E-state index contributed by atoms with van der Waals surface area (Å²) in [6.07, 6.45) is 7.51. The first-order valence-electron chi connectivity index (χ1n) is 8.82. The summed E-state index contributed by atoms with van der Waals surface area (Å²) in [6.45, 7) is 4.40. The van der Waals surface area contributed by atoms with Crippen molar-refractivity contribution >= 4 is 11.6 Å². The molecule has 22 heavy (non-hydrogen) atoms. The Morgan fingerprint density at radius 1 is 1.05 bits per heavy atom. The van der Waals surface area contributed by atoms with Gasteiger partial charge in [0, 0.05) is 17.8 Å². The normalized spacial score (nSPS) is 51.0. The maximum atomic E-state index is 12.9. The molecule has 0 bridgehead atoms. The quantitative estimate of drug-likeness (QED) is 0.748. The van der Waals surface area contributed by atoms with E-state index in [0.717, 1.165) is 32.1 Å². The van der Waals surface area contributed by atoms with E-state index in [1.165, 1.54) is 5.57 Å². The average Bonchev–Trinajstić information content (AvgIpc) is 2.77. The lowest BCUT2D eigenvalue weighted by atomic mass is 9.48.